The summed E-state index contributed by atoms with van der Waals surface area (Å²) in [5, 5.41) is 0. The van der Waals surface area contributed by atoms with Gasteiger partial charge in [0.2, 0.25) is 0 Å². The minimum absolute atomic E-state index is 0.883. The first-order chi connectivity index (χ1) is 12.4. The van der Waals surface area contributed by atoms with Crippen LogP contribution in [-0.4, -0.2) is 50.5 Å². The second kappa shape index (κ2) is 5.70. The van der Waals surface area contributed by atoms with E-state index >= 15 is 0 Å². The molecule has 7 heteroatoms. The average molecular weight is 331 g/mol. The van der Waals surface area contributed by atoms with Gasteiger partial charge in [-0.3, -0.25) is 4.98 Å². The summed E-state index contributed by atoms with van der Waals surface area (Å²) in [6.45, 7) is 3.54. The zero-order chi connectivity index (χ0) is 16.6. The van der Waals surface area contributed by atoms with Gasteiger partial charge in [-0.05, 0) is 12.1 Å². The summed E-state index contributed by atoms with van der Waals surface area (Å²) in [7, 11) is 0. The predicted molar refractivity (Wildman–Crippen MR) is 97.0 cm³/mol. The molecule has 1 aliphatic rings. The zero-order valence-corrected chi connectivity index (χ0v) is 13.7. The second-order valence-electron chi connectivity index (χ2n) is 6.10. The molecule has 0 N–H and O–H groups in total. The van der Waals surface area contributed by atoms with Crippen molar-refractivity contribution in [3.63, 3.8) is 0 Å². The second-order valence-corrected chi connectivity index (χ2v) is 6.10. The fraction of sp³-hybridized carbons (Fsp3) is 0.222. The Bertz CT molecular complexity index is 1030. The van der Waals surface area contributed by atoms with Crippen LogP contribution in [0.5, 0.6) is 0 Å². The van der Waals surface area contributed by atoms with Crippen LogP contribution in [0.2, 0.25) is 0 Å². The molecule has 25 heavy (non-hydrogen) atoms. The highest BCUT2D eigenvalue weighted by molar-refractivity contribution is 5.75. The number of aromatic nitrogens is 5. The molecule has 0 saturated carbocycles. The van der Waals surface area contributed by atoms with Crippen LogP contribution in [0.25, 0.3) is 16.7 Å². The van der Waals surface area contributed by atoms with E-state index in [1.54, 1.807) is 6.20 Å². The summed E-state index contributed by atoms with van der Waals surface area (Å²) in [5.41, 5.74) is 2.77. The molecule has 7 nitrogen and oxygen atoms in total. The Hall–Kier alpha value is -3.22. The van der Waals surface area contributed by atoms with Crippen molar-refractivity contribution in [1.29, 1.82) is 0 Å². The van der Waals surface area contributed by atoms with Gasteiger partial charge < -0.3 is 14.2 Å². The third-order valence-electron chi connectivity index (χ3n) is 4.63. The van der Waals surface area contributed by atoms with Gasteiger partial charge in [0.25, 0.3) is 0 Å². The molecule has 4 heterocycles. The number of benzene rings is 1. The van der Waals surface area contributed by atoms with Crippen molar-refractivity contribution in [2.75, 3.05) is 36.0 Å². The summed E-state index contributed by atoms with van der Waals surface area (Å²) in [6.07, 6.45) is 9.37. The van der Waals surface area contributed by atoms with Crippen molar-refractivity contribution in [2.24, 2.45) is 0 Å². The average Bonchev–Trinajstić information content (AvgIpc) is 3.17. The van der Waals surface area contributed by atoms with Gasteiger partial charge in [0.1, 0.15) is 5.82 Å². The standard InChI is InChI=1S/C18H17N7/c1-2-4-15-14(3-1)21-13-16(22-15)23-9-11-25(12-10-23)18-17-19-5-7-24(17)8-6-20-18/h1-8,13H,9-12H2. The fourth-order valence-corrected chi connectivity index (χ4v) is 3.31. The van der Waals surface area contributed by atoms with E-state index in [2.05, 4.69) is 24.8 Å². The summed E-state index contributed by atoms with van der Waals surface area (Å²) in [4.78, 5) is 22.8. The van der Waals surface area contributed by atoms with Gasteiger partial charge in [-0.1, -0.05) is 12.1 Å². The molecule has 0 spiro atoms. The monoisotopic (exact) mass is 331 g/mol. The van der Waals surface area contributed by atoms with Crippen LogP contribution in [-0.2, 0) is 0 Å². The number of fused-ring (bicyclic) bond motifs is 2. The van der Waals surface area contributed by atoms with Crippen LogP contribution in [0.1, 0.15) is 0 Å². The molecular formula is C18H17N7. The molecule has 3 aromatic heterocycles. The van der Waals surface area contributed by atoms with Gasteiger partial charge in [0.05, 0.1) is 17.2 Å². The van der Waals surface area contributed by atoms with Crippen LogP contribution in [0.15, 0.2) is 55.2 Å². The van der Waals surface area contributed by atoms with Crippen LogP contribution >= 0.6 is 0 Å². The molecule has 4 aromatic rings. The van der Waals surface area contributed by atoms with Gasteiger partial charge in [0.15, 0.2) is 11.5 Å². The topological polar surface area (TPSA) is 62.5 Å². The smallest absolute Gasteiger partial charge is 0.180 e. The highest BCUT2D eigenvalue weighted by atomic mass is 15.3. The van der Waals surface area contributed by atoms with Gasteiger partial charge in [0, 0.05) is 51.0 Å². The van der Waals surface area contributed by atoms with Gasteiger partial charge >= 0.3 is 0 Å². The summed E-state index contributed by atoms with van der Waals surface area (Å²) in [6, 6.07) is 7.97. The molecule has 0 aliphatic carbocycles. The Morgan fingerprint density at radius 2 is 1.48 bits per heavy atom. The number of hydrogen-bond acceptors (Lipinski definition) is 6. The summed E-state index contributed by atoms with van der Waals surface area (Å²) in [5.74, 6) is 1.88. The molecule has 1 saturated heterocycles. The van der Waals surface area contributed by atoms with E-state index in [1.807, 2.05) is 53.5 Å². The quantitative estimate of drug-likeness (QED) is 0.560. The van der Waals surface area contributed by atoms with Gasteiger partial charge in [-0.2, -0.15) is 0 Å². The molecule has 1 fully saturated rings. The summed E-state index contributed by atoms with van der Waals surface area (Å²) < 4.78 is 2.00. The summed E-state index contributed by atoms with van der Waals surface area (Å²) >= 11 is 0. The number of rotatable bonds is 2. The molecular weight excluding hydrogens is 314 g/mol. The predicted octanol–water partition coefficient (Wildman–Crippen LogP) is 2.00. The van der Waals surface area contributed by atoms with E-state index in [9.17, 15) is 0 Å². The third kappa shape index (κ3) is 2.44. The van der Waals surface area contributed by atoms with Crippen molar-refractivity contribution in [2.45, 2.75) is 0 Å². The highest BCUT2D eigenvalue weighted by Crippen LogP contribution is 2.21. The Kier molecular flexibility index (Phi) is 3.22. The molecule has 1 aromatic carbocycles. The molecule has 5 rings (SSSR count). The number of imidazole rings is 1. The lowest BCUT2D eigenvalue weighted by atomic mass is 10.3. The molecule has 0 bridgehead atoms. The lowest BCUT2D eigenvalue weighted by Gasteiger charge is -2.35. The number of para-hydroxylation sites is 2. The lowest BCUT2D eigenvalue weighted by Crippen LogP contribution is -2.47. The first kappa shape index (κ1) is 14.2. The lowest BCUT2D eigenvalue weighted by molar-refractivity contribution is 0.642. The van der Waals surface area contributed by atoms with Crippen molar-refractivity contribution >= 4 is 28.3 Å². The Morgan fingerprint density at radius 3 is 2.32 bits per heavy atom. The number of hydrogen-bond donors (Lipinski definition) is 0. The van der Waals surface area contributed by atoms with Crippen molar-refractivity contribution in [3.05, 3.63) is 55.2 Å². The van der Waals surface area contributed by atoms with E-state index in [0.717, 1.165) is 54.5 Å². The molecule has 1 aliphatic heterocycles. The van der Waals surface area contributed by atoms with Crippen molar-refractivity contribution < 1.29 is 0 Å². The Balaban J connectivity index is 1.37. The minimum Gasteiger partial charge on any atom is -0.352 e. The van der Waals surface area contributed by atoms with Crippen molar-refractivity contribution in [1.82, 2.24) is 24.3 Å². The first-order valence-corrected chi connectivity index (χ1v) is 8.38. The number of anilines is 2. The normalized spacial score (nSPS) is 15.2. The van der Waals surface area contributed by atoms with Crippen LogP contribution in [0.4, 0.5) is 11.6 Å². The molecule has 0 amide bonds. The SMILES string of the molecule is c1ccc2nc(N3CCN(c4nccn5ccnc45)CC3)cnc2c1. The fourth-order valence-electron chi connectivity index (χ4n) is 3.31. The van der Waals surface area contributed by atoms with Crippen molar-refractivity contribution in [3.8, 4) is 0 Å². The van der Waals surface area contributed by atoms with Crippen LogP contribution in [0.3, 0.4) is 0 Å². The maximum atomic E-state index is 4.75. The molecule has 0 unspecified atom stereocenters. The third-order valence-corrected chi connectivity index (χ3v) is 4.63. The Labute approximate surface area is 144 Å². The maximum Gasteiger partial charge on any atom is 0.180 e. The zero-order valence-electron chi connectivity index (χ0n) is 13.7. The van der Waals surface area contributed by atoms with Crippen LogP contribution < -0.4 is 9.80 Å². The first-order valence-electron chi connectivity index (χ1n) is 8.38. The largest absolute Gasteiger partial charge is 0.352 e. The molecule has 0 radical (unpaired) electrons. The van der Waals surface area contributed by atoms with E-state index in [1.165, 1.54) is 0 Å². The maximum absolute atomic E-state index is 4.75. The Morgan fingerprint density at radius 1 is 0.760 bits per heavy atom. The minimum atomic E-state index is 0.883. The van der Waals surface area contributed by atoms with E-state index < -0.39 is 0 Å². The molecule has 124 valence electrons. The number of nitrogens with zero attached hydrogens (tertiary/aromatic N) is 7. The van der Waals surface area contributed by atoms with E-state index in [0.29, 0.717) is 0 Å². The van der Waals surface area contributed by atoms with Gasteiger partial charge in [-0.15, -0.1) is 0 Å². The highest BCUT2D eigenvalue weighted by Gasteiger charge is 2.21. The van der Waals surface area contributed by atoms with Gasteiger partial charge in [-0.25, -0.2) is 15.0 Å². The molecule has 0 atom stereocenters. The van der Waals surface area contributed by atoms with Crippen LogP contribution in [0, 0.1) is 0 Å². The van der Waals surface area contributed by atoms with E-state index in [-0.39, 0.29) is 0 Å². The number of piperazine rings is 1. The van der Waals surface area contributed by atoms with E-state index in [4.69, 9.17) is 4.98 Å².